The zero-order valence-electron chi connectivity index (χ0n) is 14.8. The van der Waals surface area contributed by atoms with Crippen molar-refractivity contribution in [3.8, 4) is 28.9 Å². The normalized spacial score (nSPS) is 11.2. The number of benzene rings is 2. The third-order valence-electron chi connectivity index (χ3n) is 3.97. The minimum atomic E-state index is 0.201. The molecule has 0 fully saturated rings. The van der Waals surface area contributed by atoms with Gasteiger partial charge in [-0.25, -0.2) is 0 Å². The van der Waals surface area contributed by atoms with Crippen LogP contribution < -0.4 is 5.32 Å². The summed E-state index contributed by atoms with van der Waals surface area (Å²) in [6, 6.07) is 17.3. The van der Waals surface area contributed by atoms with Crippen LogP contribution in [-0.4, -0.2) is 30.8 Å². The monoisotopic (exact) mass is 370 g/mol. The maximum Gasteiger partial charge on any atom is 0.260 e. The number of aromatic nitrogens is 6. The molecule has 28 heavy (non-hydrogen) atoms. The van der Waals surface area contributed by atoms with E-state index in [0.29, 0.717) is 23.0 Å². The number of aryl methyl sites for hydroxylation is 1. The number of nitrogens with zero attached hydrogens (tertiary/aromatic N) is 6. The third-order valence-corrected chi connectivity index (χ3v) is 3.97. The first-order valence-corrected chi connectivity index (χ1v) is 8.35. The average molecular weight is 370 g/mol. The first-order valence-electron chi connectivity index (χ1n) is 8.35. The number of hydrogen-bond donors (Lipinski definition) is 2. The molecule has 2 aromatic carbocycles. The van der Waals surface area contributed by atoms with Gasteiger partial charge < -0.3 is 9.84 Å². The lowest BCUT2D eigenvalue weighted by molar-refractivity contribution is 0.432. The van der Waals surface area contributed by atoms with Gasteiger partial charge in [0.2, 0.25) is 11.6 Å². The fourth-order valence-electron chi connectivity index (χ4n) is 2.52. The molecule has 0 amide bonds. The quantitative estimate of drug-likeness (QED) is 0.512. The van der Waals surface area contributed by atoms with Crippen LogP contribution in [0.2, 0.25) is 0 Å². The Labute approximate surface area is 159 Å². The van der Waals surface area contributed by atoms with Crippen LogP contribution in [0.4, 0.5) is 5.69 Å². The predicted octanol–water partition coefficient (Wildman–Crippen LogP) is 3.20. The van der Waals surface area contributed by atoms with E-state index >= 15 is 0 Å². The molecule has 0 aliphatic heterocycles. The van der Waals surface area contributed by atoms with Gasteiger partial charge in [0, 0.05) is 11.8 Å². The molecule has 0 aliphatic rings. The second-order valence-corrected chi connectivity index (χ2v) is 5.88. The van der Waals surface area contributed by atoms with Crippen molar-refractivity contribution < 1.29 is 4.52 Å². The van der Waals surface area contributed by atoms with Crippen LogP contribution in [-0.2, 0) is 0 Å². The van der Waals surface area contributed by atoms with Crippen LogP contribution >= 0.6 is 0 Å². The van der Waals surface area contributed by atoms with Gasteiger partial charge in [-0.05, 0) is 24.3 Å². The van der Waals surface area contributed by atoms with Crippen molar-refractivity contribution in [2.75, 3.05) is 5.32 Å². The summed E-state index contributed by atoms with van der Waals surface area (Å²) < 4.78 is 5.45. The Kier molecular flexibility index (Phi) is 4.59. The largest absolute Gasteiger partial charge is 0.360 e. The molecule has 2 aromatic heterocycles. The number of hydrogen-bond acceptors (Lipinski definition) is 8. The summed E-state index contributed by atoms with van der Waals surface area (Å²) in [6.07, 6.45) is 1.50. The molecule has 0 radical (unpaired) electrons. The molecule has 2 N–H and O–H groups in total. The molecular formula is C19H14N8O. The number of aromatic amines is 1. The van der Waals surface area contributed by atoms with Gasteiger partial charge in [-0.1, -0.05) is 47.1 Å². The summed E-state index contributed by atoms with van der Waals surface area (Å²) in [5, 5.41) is 29.8. The Morgan fingerprint density at radius 3 is 2.75 bits per heavy atom. The molecule has 136 valence electrons. The molecule has 0 unspecified atom stereocenters. The number of rotatable bonds is 5. The van der Waals surface area contributed by atoms with E-state index < -0.39 is 0 Å². The minimum Gasteiger partial charge on any atom is -0.360 e. The highest BCUT2D eigenvalue weighted by Gasteiger charge is 2.14. The summed E-state index contributed by atoms with van der Waals surface area (Å²) in [6.45, 7) is 2.02. The van der Waals surface area contributed by atoms with Gasteiger partial charge >= 0.3 is 0 Å². The first kappa shape index (κ1) is 17.1. The third kappa shape index (κ3) is 3.47. The fraction of sp³-hybridized carbons (Fsp3) is 0.0526. The highest BCUT2D eigenvalue weighted by Crippen LogP contribution is 2.29. The highest BCUT2D eigenvalue weighted by molar-refractivity contribution is 5.78. The van der Waals surface area contributed by atoms with Crippen LogP contribution in [0.15, 0.2) is 59.3 Å². The maximum atomic E-state index is 9.29. The van der Waals surface area contributed by atoms with Crippen molar-refractivity contribution in [1.82, 2.24) is 30.8 Å². The van der Waals surface area contributed by atoms with E-state index in [2.05, 4.69) is 36.1 Å². The SMILES string of the molecule is Cc1ccc(-c2noc(-c3ccccc3NC=C(C#N)c3nn[nH]n3)n2)cc1. The second kappa shape index (κ2) is 7.51. The van der Waals surface area contributed by atoms with Gasteiger partial charge in [0.1, 0.15) is 11.6 Å². The lowest BCUT2D eigenvalue weighted by Crippen LogP contribution is -1.95. The van der Waals surface area contributed by atoms with Crippen molar-refractivity contribution >= 4 is 11.3 Å². The van der Waals surface area contributed by atoms with Crippen molar-refractivity contribution in [3.05, 3.63) is 66.1 Å². The lowest BCUT2D eigenvalue weighted by atomic mass is 10.1. The smallest absolute Gasteiger partial charge is 0.260 e. The van der Waals surface area contributed by atoms with Gasteiger partial charge in [0.15, 0.2) is 0 Å². The van der Waals surface area contributed by atoms with Gasteiger partial charge in [0.05, 0.1) is 11.3 Å². The molecule has 4 rings (SSSR count). The Morgan fingerprint density at radius 1 is 1.18 bits per heavy atom. The van der Waals surface area contributed by atoms with Crippen molar-refractivity contribution in [1.29, 1.82) is 5.26 Å². The highest BCUT2D eigenvalue weighted by atomic mass is 16.5. The van der Waals surface area contributed by atoms with Crippen LogP contribution in [0.5, 0.6) is 0 Å². The number of nitriles is 1. The van der Waals surface area contributed by atoms with E-state index in [1.807, 2.05) is 61.5 Å². The predicted molar refractivity (Wildman–Crippen MR) is 101 cm³/mol. The van der Waals surface area contributed by atoms with Crippen molar-refractivity contribution in [2.24, 2.45) is 0 Å². The van der Waals surface area contributed by atoms with E-state index in [-0.39, 0.29) is 11.4 Å². The Balaban J connectivity index is 1.64. The number of H-pyrrole nitrogens is 1. The zero-order chi connectivity index (χ0) is 19.3. The summed E-state index contributed by atoms with van der Waals surface area (Å²) in [5.41, 5.74) is 3.65. The van der Waals surface area contributed by atoms with Crippen LogP contribution in [0.1, 0.15) is 11.4 Å². The number of allylic oxidation sites excluding steroid dienone is 1. The van der Waals surface area contributed by atoms with Gasteiger partial charge in [-0.3, -0.25) is 0 Å². The summed E-state index contributed by atoms with van der Waals surface area (Å²) >= 11 is 0. The molecule has 0 spiro atoms. The van der Waals surface area contributed by atoms with E-state index in [0.717, 1.165) is 11.1 Å². The van der Waals surface area contributed by atoms with Crippen LogP contribution in [0, 0.1) is 18.3 Å². The molecule has 9 nitrogen and oxygen atoms in total. The van der Waals surface area contributed by atoms with E-state index in [9.17, 15) is 5.26 Å². The molecule has 2 heterocycles. The standard InChI is InChI=1S/C19H14N8O/c1-12-6-8-13(9-7-12)17-22-19(28-25-17)15-4-2-3-5-16(15)21-11-14(10-20)18-23-26-27-24-18/h2-9,11,21H,1H3,(H,23,24,26,27). The summed E-state index contributed by atoms with van der Waals surface area (Å²) in [4.78, 5) is 4.50. The van der Waals surface area contributed by atoms with Gasteiger partial charge in [-0.15, -0.1) is 10.2 Å². The Bertz CT molecular complexity index is 1150. The number of para-hydroxylation sites is 1. The van der Waals surface area contributed by atoms with Crippen LogP contribution in [0.25, 0.3) is 28.4 Å². The molecule has 0 atom stereocenters. The van der Waals surface area contributed by atoms with Gasteiger partial charge in [-0.2, -0.15) is 15.5 Å². The van der Waals surface area contributed by atoms with E-state index in [4.69, 9.17) is 4.52 Å². The van der Waals surface area contributed by atoms with E-state index in [1.54, 1.807) is 0 Å². The molecular weight excluding hydrogens is 356 g/mol. The number of nitrogens with one attached hydrogen (secondary N) is 2. The Hall–Kier alpha value is -4.32. The molecule has 0 saturated carbocycles. The second-order valence-electron chi connectivity index (χ2n) is 5.88. The van der Waals surface area contributed by atoms with E-state index in [1.165, 1.54) is 6.20 Å². The topological polar surface area (TPSA) is 129 Å². The summed E-state index contributed by atoms with van der Waals surface area (Å²) in [5.74, 6) is 1.07. The Morgan fingerprint density at radius 2 is 2.00 bits per heavy atom. The molecule has 9 heteroatoms. The minimum absolute atomic E-state index is 0.201. The molecule has 0 bridgehead atoms. The zero-order valence-corrected chi connectivity index (χ0v) is 14.8. The fourth-order valence-corrected chi connectivity index (χ4v) is 2.52. The average Bonchev–Trinajstić information content (AvgIpc) is 3.42. The molecule has 0 aliphatic carbocycles. The maximum absolute atomic E-state index is 9.29. The summed E-state index contributed by atoms with van der Waals surface area (Å²) in [7, 11) is 0. The first-order chi connectivity index (χ1) is 13.7. The van der Waals surface area contributed by atoms with Crippen molar-refractivity contribution in [2.45, 2.75) is 6.92 Å². The van der Waals surface area contributed by atoms with Crippen molar-refractivity contribution in [3.63, 3.8) is 0 Å². The molecule has 0 saturated heterocycles. The van der Waals surface area contributed by atoms with Gasteiger partial charge in [0.25, 0.3) is 5.89 Å². The number of anilines is 1. The lowest BCUT2D eigenvalue weighted by Gasteiger charge is -2.05. The number of tetrazole rings is 1. The molecule has 4 aromatic rings. The van der Waals surface area contributed by atoms with Crippen LogP contribution in [0.3, 0.4) is 0 Å².